The van der Waals surface area contributed by atoms with Gasteiger partial charge in [-0.05, 0) is 67.4 Å². The molecule has 1 N–H and O–H groups in total. The lowest BCUT2D eigenvalue weighted by Gasteiger charge is -2.02. The van der Waals surface area contributed by atoms with Crippen LogP contribution in [-0.2, 0) is 4.79 Å². The summed E-state index contributed by atoms with van der Waals surface area (Å²) in [6.45, 7) is 6.12. The maximum absolute atomic E-state index is 12.2. The first-order valence-electron chi connectivity index (χ1n) is 7.45. The van der Waals surface area contributed by atoms with Crippen LogP contribution in [0.15, 0.2) is 52.4 Å². The third-order valence-corrected chi connectivity index (χ3v) is 4.51. The highest BCUT2D eigenvalue weighted by molar-refractivity contribution is 8.18. The van der Waals surface area contributed by atoms with Crippen LogP contribution in [-0.4, -0.2) is 11.1 Å². The predicted molar refractivity (Wildman–Crippen MR) is 97.9 cm³/mol. The highest BCUT2D eigenvalue weighted by atomic mass is 32.2. The molecule has 0 spiro atoms. The molecule has 1 aliphatic rings. The Balaban J connectivity index is 1.88. The molecule has 0 aromatic heterocycles. The van der Waals surface area contributed by atoms with E-state index >= 15 is 0 Å². The number of amidine groups is 1. The molecule has 1 heterocycles. The van der Waals surface area contributed by atoms with Crippen molar-refractivity contribution < 1.29 is 4.79 Å². The van der Waals surface area contributed by atoms with Gasteiger partial charge in [-0.3, -0.25) is 4.79 Å². The molecule has 4 heteroatoms. The van der Waals surface area contributed by atoms with Gasteiger partial charge in [0.25, 0.3) is 5.91 Å². The van der Waals surface area contributed by atoms with Crippen LogP contribution in [0.5, 0.6) is 0 Å². The molecule has 0 atom stereocenters. The number of hydrogen-bond donors (Lipinski definition) is 1. The second-order valence-corrected chi connectivity index (χ2v) is 6.71. The van der Waals surface area contributed by atoms with Gasteiger partial charge in [0.2, 0.25) is 0 Å². The van der Waals surface area contributed by atoms with Crippen molar-refractivity contribution in [2.45, 2.75) is 20.8 Å². The number of aryl methyl sites for hydroxylation is 3. The van der Waals surface area contributed by atoms with Crippen LogP contribution >= 0.6 is 11.8 Å². The van der Waals surface area contributed by atoms with Crippen molar-refractivity contribution in [2.75, 3.05) is 0 Å². The fourth-order valence-electron chi connectivity index (χ4n) is 2.35. The summed E-state index contributed by atoms with van der Waals surface area (Å²) in [6.07, 6.45) is 1.93. The topological polar surface area (TPSA) is 41.5 Å². The molecule has 1 fully saturated rings. The Morgan fingerprint density at radius 1 is 1.04 bits per heavy atom. The number of rotatable bonds is 2. The van der Waals surface area contributed by atoms with Crippen LogP contribution in [0.3, 0.4) is 0 Å². The Hall–Kier alpha value is -2.33. The zero-order chi connectivity index (χ0) is 16.4. The van der Waals surface area contributed by atoms with Crippen molar-refractivity contribution in [1.29, 1.82) is 0 Å². The molecule has 0 aliphatic carbocycles. The summed E-state index contributed by atoms with van der Waals surface area (Å²) in [7, 11) is 0. The Labute approximate surface area is 140 Å². The zero-order valence-electron chi connectivity index (χ0n) is 13.4. The van der Waals surface area contributed by atoms with Crippen molar-refractivity contribution in [3.8, 4) is 0 Å². The maximum atomic E-state index is 12.2. The summed E-state index contributed by atoms with van der Waals surface area (Å²) < 4.78 is 0. The summed E-state index contributed by atoms with van der Waals surface area (Å²) in [5.41, 5.74) is 5.40. The van der Waals surface area contributed by atoms with E-state index in [2.05, 4.69) is 28.5 Å². The average molecular weight is 322 g/mol. The lowest BCUT2D eigenvalue weighted by molar-refractivity contribution is -0.115. The lowest BCUT2D eigenvalue weighted by atomic mass is 10.1. The first kappa shape index (κ1) is 15.6. The van der Waals surface area contributed by atoms with E-state index in [-0.39, 0.29) is 5.91 Å². The Bertz CT molecular complexity index is 837. The maximum Gasteiger partial charge on any atom is 0.264 e. The van der Waals surface area contributed by atoms with Gasteiger partial charge in [-0.25, -0.2) is 4.99 Å². The van der Waals surface area contributed by atoms with Gasteiger partial charge in [-0.2, -0.15) is 0 Å². The minimum absolute atomic E-state index is 0.0951. The number of amides is 1. The number of nitrogens with one attached hydrogen (secondary N) is 1. The second-order valence-electron chi connectivity index (χ2n) is 5.68. The van der Waals surface area contributed by atoms with Crippen LogP contribution in [0.1, 0.15) is 22.3 Å². The SMILES string of the molecule is Cc1cccc(N=C2NC(=O)/C(=C/c3cc(C)ccc3C)S2)c1. The van der Waals surface area contributed by atoms with Gasteiger partial charge in [-0.15, -0.1) is 0 Å². The van der Waals surface area contributed by atoms with Crippen LogP contribution in [0.2, 0.25) is 0 Å². The number of thioether (sulfide) groups is 1. The summed E-state index contributed by atoms with van der Waals surface area (Å²) in [5.74, 6) is -0.0951. The van der Waals surface area contributed by atoms with Gasteiger partial charge >= 0.3 is 0 Å². The summed E-state index contributed by atoms with van der Waals surface area (Å²) in [4.78, 5) is 17.3. The Morgan fingerprint density at radius 3 is 2.61 bits per heavy atom. The lowest BCUT2D eigenvalue weighted by Crippen LogP contribution is -2.19. The van der Waals surface area contributed by atoms with Crippen LogP contribution in [0, 0.1) is 20.8 Å². The number of hydrogen-bond acceptors (Lipinski definition) is 3. The minimum Gasteiger partial charge on any atom is -0.300 e. The number of carbonyl (C=O) groups excluding carboxylic acids is 1. The highest BCUT2D eigenvalue weighted by Gasteiger charge is 2.23. The summed E-state index contributed by atoms with van der Waals surface area (Å²) in [5, 5.41) is 3.45. The van der Waals surface area contributed by atoms with E-state index in [0.29, 0.717) is 10.1 Å². The molecular formula is C19H18N2OS. The third-order valence-electron chi connectivity index (χ3n) is 3.60. The van der Waals surface area contributed by atoms with Gasteiger partial charge in [0.15, 0.2) is 5.17 Å². The molecule has 3 rings (SSSR count). The van der Waals surface area contributed by atoms with E-state index in [0.717, 1.165) is 22.4 Å². The number of carbonyl (C=O) groups is 1. The van der Waals surface area contributed by atoms with Gasteiger partial charge in [0, 0.05) is 0 Å². The molecule has 0 radical (unpaired) electrons. The first-order chi connectivity index (χ1) is 11.0. The molecule has 23 heavy (non-hydrogen) atoms. The van der Waals surface area contributed by atoms with Gasteiger partial charge in [0.05, 0.1) is 10.6 Å². The fraction of sp³-hybridized carbons (Fsp3) is 0.158. The van der Waals surface area contributed by atoms with E-state index in [1.807, 2.05) is 51.1 Å². The second kappa shape index (κ2) is 6.42. The normalized spacial score (nSPS) is 17.8. The fourth-order valence-corrected chi connectivity index (χ4v) is 3.18. The van der Waals surface area contributed by atoms with E-state index in [1.54, 1.807) is 0 Å². The third kappa shape index (κ3) is 3.71. The monoisotopic (exact) mass is 322 g/mol. The van der Waals surface area contributed by atoms with Crippen molar-refractivity contribution in [3.63, 3.8) is 0 Å². The predicted octanol–water partition coefficient (Wildman–Crippen LogP) is 4.50. The standard InChI is InChI=1S/C19H18N2OS/c1-12-5-4-6-16(10-12)20-19-21-18(22)17(23-19)11-15-9-13(2)7-8-14(15)3/h4-11H,1-3H3,(H,20,21,22)/b17-11-. The molecule has 0 unspecified atom stereocenters. The molecule has 2 aromatic carbocycles. The van der Waals surface area contributed by atoms with E-state index in [1.165, 1.54) is 17.3 Å². The molecule has 0 bridgehead atoms. The molecule has 2 aromatic rings. The van der Waals surface area contributed by atoms with Crippen molar-refractivity contribution in [1.82, 2.24) is 5.32 Å². The van der Waals surface area contributed by atoms with Crippen LogP contribution in [0.25, 0.3) is 6.08 Å². The average Bonchev–Trinajstić information content (AvgIpc) is 2.83. The van der Waals surface area contributed by atoms with E-state index < -0.39 is 0 Å². The minimum atomic E-state index is -0.0951. The van der Waals surface area contributed by atoms with Crippen LogP contribution in [0.4, 0.5) is 5.69 Å². The van der Waals surface area contributed by atoms with Crippen molar-refractivity contribution in [3.05, 3.63) is 69.6 Å². The molecule has 1 amide bonds. The van der Waals surface area contributed by atoms with Gasteiger partial charge in [0.1, 0.15) is 0 Å². The van der Waals surface area contributed by atoms with Crippen LogP contribution < -0.4 is 5.32 Å². The molecular weight excluding hydrogens is 304 g/mol. The van der Waals surface area contributed by atoms with E-state index in [9.17, 15) is 4.79 Å². The number of aliphatic imine (C=N–C) groups is 1. The molecule has 1 aliphatic heterocycles. The molecule has 1 saturated heterocycles. The van der Waals surface area contributed by atoms with Gasteiger partial charge in [-0.1, -0.05) is 35.9 Å². The smallest absolute Gasteiger partial charge is 0.264 e. The Kier molecular flexibility index (Phi) is 4.35. The number of nitrogens with zero attached hydrogens (tertiary/aromatic N) is 1. The largest absolute Gasteiger partial charge is 0.300 e. The molecule has 3 nitrogen and oxygen atoms in total. The number of benzene rings is 2. The summed E-state index contributed by atoms with van der Waals surface area (Å²) >= 11 is 1.38. The van der Waals surface area contributed by atoms with E-state index in [4.69, 9.17) is 0 Å². The van der Waals surface area contributed by atoms with Gasteiger partial charge < -0.3 is 5.32 Å². The quantitative estimate of drug-likeness (QED) is 0.827. The highest BCUT2D eigenvalue weighted by Crippen LogP contribution is 2.29. The molecule has 116 valence electrons. The zero-order valence-corrected chi connectivity index (χ0v) is 14.2. The Morgan fingerprint density at radius 2 is 1.83 bits per heavy atom. The summed E-state index contributed by atoms with van der Waals surface area (Å²) in [6, 6.07) is 14.1. The molecule has 0 saturated carbocycles. The first-order valence-corrected chi connectivity index (χ1v) is 8.26. The van der Waals surface area contributed by atoms with Crippen molar-refractivity contribution in [2.24, 2.45) is 4.99 Å². The van der Waals surface area contributed by atoms with Crippen molar-refractivity contribution >= 4 is 34.6 Å².